The Kier molecular flexibility index (Phi) is 5.04. The molecule has 0 radical (unpaired) electrons. The van der Waals surface area contributed by atoms with Gasteiger partial charge in [-0.05, 0) is 31.2 Å². The van der Waals surface area contributed by atoms with Crippen LogP contribution in [0.25, 0.3) is 0 Å². The van der Waals surface area contributed by atoms with Crippen LogP contribution < -0.4 is 4.90 Å². The summed E-state index contributed by atoms with van der Waals surface area (Å²) < 4.78 is 0.462. The molecule has 1 aliphatic heterocycles. The number of benzene rings is 2. The van der Waals surface area contributed by atoms with E-state index in [0.29, 0.717) is 20.6 Å². The number of halogens is 1. The fourth-order valence-corrected chi connectivity index (χ4v) is 4.09. The zero-order valence-corrected chi connectivity index (χ0v) is 15.3. The molecule has 0 spiro atoms. The summed E-state index contributed by atoms with van der Waals surface area (Å²) in [7, 11) is 0. The van der Waals surface area contributed by atoms with Crippen molar-refractivity contribution in [3.8, 4) is 0 Å². The van der Waals surface area contributed by atoms with Gasteiger partial charge in [-0.3, -0.25) is 14.5 Å². The second kappa shape index (κ2) is 7.05. The van der Waals surface area contributed by atoms with E-state index in [9.17, 15) is 9.59 Å². The third-order valence-electron chi connectivity index (χ3n) is 3.75. The fourth-order valence-electron chi connectivity index (χ4n) is 2.44. The van der Waals surface area contributed by atoms with Crippen LogP contribution in [-0.2, 0) is 4.79 Å². The van der Waals surface area contributed by atoms with Gasteiger partial charge in [0.2, 0.25) is 5.91 Å². The molecule has 1 unspecified atom stereocenters. The van der Waals surface area contributed by atoms with E-state index in [0.717, 1.165) is 5.56 Å². The molecule has 1 heterocycles. The summed E-state index contributed by atoms with van der Waals surface area (Å²) in [5.74, 6) is -0.214. The maximum Gasteiger partial charge on any atom is 0.246 e. The molecule has 24 heavy (non-hydrogen) atoms. The van der Waals surface area contributed by atoms with Gasteiger partial charge in [-0.15, -0.1) is 0 Å². The minimum Gasteiger partial charge on any atom is -0.294 e. The van der Waals surface area contributed by atoms with Gasteiger partial charge < -0.3 is 0 Å². The van der Waals surface area contributed by atoms with E-state index in [4.69, 9.17) is 23.8 Å². The summed E-state index contributed by atoms with van der Waals surface area (Å²) in [5.41, 5.74) is 2.38. The molecule has 2 aromatic carbocycles. The zero-order chi connectivity index (χ0) is 17.3. The van der Waals surface area contributed by atoms with Gasteiger partial charge in [-0.1, -0.05) is 65.4 Å². The lowest BCUT2D eigenvalue weighted by atomic mass is 10.0. The van der Waals surface area contributed by atoms with E-state index >= 15 is 0 Å². The van der Waals surface area contributed by atoms with E-state index < -0.39 is 5.25 Å². The van der Waals surface area contributed by atoms with Crippen LogP contribution >= 0.6 is 35.6 Å². The van der Waals surface area contributed by atoms with Crippen molar-refractivity contribution in [3.63, 3.8) is 0 Å². The summed E-state index contributed by atoms with van der Waals surface area (Å²) in [6, 6.07) is 14.3. The minimum atomic E-state index is -0.484. The normalized spacial score (nSPS) is 17.4. The molecule has 0 N–H and O–H groups in total. The maximum atomic E-state index is 12.7. The van der Waals surface area contributed by atoms with E-state index in [1.54, 1.807) is 36.4 Å². The Labute approximate surface area is 155 Å². The molecule has 3 nitrogen and oxygen atoms in total. The van der Waals surface area contributed by atoms with Gasteiger partial charge in [-0.25, -0.2) is 0 Å². The number of amides is 1. The van der Waals surface area contributed by atoms with Crippen LogP contribution in [0.3, 0.4) is 0 Å². The van der Waals surface area contributed by atoms with Crippen LogP contribution in [0.4, 0.5) is 5.69 Å². The monoisotopic (exact) mass is 375 g/mol. The van der Waals surface area contributed by atoms with Crippen LogP contribution in [-0.4, -0.2) is 21.3 Å². The van der Waals surface area contributed by atoms with Crippen LogP contribution in [0, 0.1) is 6.92 Å². The van der Waals surface area contributed by atoms with Crippen molar-refractivity contribution < 1.29 is 9.59 Å². The molecular formula is C18H14ClNO2S2. The van der Waals surface area contributed by atoms with Crippen molar-refractivity contribution >= 4 is 57.3 Å². The largest absolute Gasteiger partial charge is 0.294 e. The highest BCUT2D eigenvalue weighted by atomic mass is 35.5. The SMILES string of the molecule is Cc1ccc(C(=O)CC2SC(=S)N(c3ccc(Cl)cc3)C2=O)cc1. The van der Waals surface area contributed by atoms with Gasteiger partial charge in [-0.2, -0.15) is 0 Å². The number of nitrogens with zero attached hydrogens (tertiary/aromatic N) is 1. The molecular weight excluding hydrogens is 362 g/mol. The molecule has 6 heteroatoms. The zero-order valence-electron chi connectivity index (χ0n) is 12.9. The van der Waals surface area contributed by atoms with E-state index in [-0.39, 0.29) is 18.1 Å². The summed E-state index contributed by atoms with van der Waals surface area (Å²) in [6.45, 7) is 1.97. The van der Waals surface area contributed by atoms with E-state index in [1.165, 1.54) is 16.7 Å². The number of rotatable bonds is 4. The lowest BCUT2D eigenvalue weighted by Gasteiger charge is -2.15. The second-order valence-corrected chi connectivity index (χ2v) is 7.79. The Morgan fingerprint density at radius 2 is 1.79 bits per heavy atom. The molecule has 3 rings (SSSR count). The molecule has 0 aliphatic carbocycles. The number of hydrogen-bond acceptors (Lipinski definition) is 4. The van der Waals surface area contributed by atoms with Gasteiger partial charge in [0.15, 0.2) is 5.78 Å². The van der Waals surface area contributed by atoms with Gasteiger partial charge in [0.1, 0.15) is 4.32 Å². The lowest BCUT2D eigenvalue weighted by molar-refractivity contribution is -0.116. The average Bonchev–Trinajstić information content (AvgIpc) is 2.83. The molecule has 1 fully saturated rings. The van der Waals surface area contributed by atoms with Gasteiger partial charge in [0.25, 0.3) is 0 Å². The number of anilines is 1. The first-order valence-corrected chi connectivity index (χ1v) is 9.02. The molecule has 1 aliphatic rings. The Bertz CT molecular complexity index is 803. The Balaban J connectivity index is 1.75. The third kappa shape index (κ3) is 3.53. The molecule has 0 bridgehead atoms. The number of thiocarbonyl (C=S) groups is 1. The maximum absolute atomic E-state index is 12.7. The Morgan fingerprint density at radius 3 is 2.42 bits per heavy atom. The van der Waals surface area contributed by atoms with Gasteiger partial charge >= 0.3 is 0 Å². The van der Waals surface area contributed by atoms with Crippen molar-refractivity contribution in [1.82, 2.24) is 0 Å². The van der Waals surface area contributed by atoms with E-state index in [1.807, 2.05) is 19.1 Å². The molecule has 0 saturated carbocycles. The minimum absolute atomic E-state index is 0.0541. The topological polar surface area (TPSA) is 37.4 Å². The Hall–Kier alpha value is -1.69. The first-order chi connectivity index (χ1) is 11.5. The van der Waals surface area contributed by atoms with Crippen LogP contribution in [0.2, 0.25) is 5.02 Å². The average molecular weight is 376 g/mol. The van der Waals surface area contributed by atoms with E-state index in [2.05, 4.69) is 0 Å². The number of thioether (sulfide) groups is 1. The predicted octanol–water partition coefficient (Wildman–Crippen LogP) is 4.65. The number of carbonyl (C=O) groups is 2. The quantitative estimate of drug-likeness (QED) is 0.575. The summed E-state index contributed by atoms with van der Waals surface area (Å²) in [5, 5.41) is 0.108. The molecule has 1 saturated heterocycles. The number of ketones is 1. The molecule has 0 aromatic heterocycles. The smallest absolute Gasteiger partial charge is 0.246 e. The highest BCUT2D eigenvalue weighted by Gasteiger charge is 2.39. The highest BCUT2D eigenvalue weighted by Crippen LogP contribution is 2.34. The highest BCUT2D eigenvalue weighted by molar-refractivity contribution is 8.25. The first-order valence-electron chi connectivity index (χ1n) is 7.36. The Morgan fingerprint density at radius 1 is 1.17 bits per heavy atom. The number of carbonyl (C=O) groups excluding carboxylic acids is 2. The van der Waals surface area contributed by atoms with Crippen molar-refractivity contribution in [2.24, 2.45) is 0 Å². The first kappa shape index (κ1) is 17.1. The van der Waals surface area contributed by atoms with Gasteiger partial charge in [0, 0.05) is 17.0 Å². The van der Waals surface area contributed by atoms with Crippen LogP contribution in [0.5, 0.6) is 0 Å². The summed E-state index contributed by atoms with van der Waals surface area (Å²) >= 11 is 12.5. The molecule has 122 valence electrons. The summed E-state index contributed by atoms with van der Waals surface area (Å²) in [4.78, 5) is 26.5. The van der Waals surface area contributed by atoms with Crippen molar-refractivity contribution in [1.29, 1.82) is 0 Å². The van der Waals surface area contributed by atoms with Gasteiger partial charge in [0.05, 0.1) is 10.9 Å². The molecule has 1 atom stereocenters. The lowest BCUT2D eigenvalue weighted by Crippen LogP contribution is -2.32. The van der Waals surface area contributed by atoms with Crippen molar-refractivity contribution in [2.45, 2.75) is 18.6 Å². The van der Waals surface area contributed by atoms with Crippen LogP contribution in [0.1, 0.15) is 22.3 Å². The number of aryl methyl sites for hydroxylation is 1. The third-order valence-corrected chi connectivity index (χ3v) is 5.51. The molecule has 2 aromatic rings. The fraction of sp³-hybridized carbons (Fsp3) is 0.167. The van der Waals surface area contributed by atoms with Crippen molar-refractivity contribution in [2.75, 3.05) is 4.90 Å². The molecule has 1 amide bonds. The predicted molar refractivity (Wildman–Crippen MR) is 103 cm³/mol. The standard InChI is InChI=1S/C18H14ClNO2S2/c1-11-2-4-12(5-3-11)15(21)10-16-17(22)20(18(23)24-16)14-8-6-13(19)7-9-14/h2-9,16H,10H2,1H3. The number of Topliss-reactive ketones (excluding diaryl/α,β-unsaturated/α-hetero) is 1. The number of hydrogen-bond donors (Lipinski definition) is 0. The summed E-state index contributed by atoms with van der Waals surface area (Å²) in [6.07, 6.45) is 0.136. The second-order valence-electron chi connectivity index (χ2n) is 5.52. The van der Waals surface area contributed by atoms with Crippen molar-refractivity contribution in [3.05, 3.63) is 64.7 Å². The van der Waals surface area contributed by atoms with Crippen LogP contribution in [0.15, 0.2) is 48.5 Å².